The fraction of sp³-hybridized carbons (Fsp3) is 0.667. The largest absolute Gasteiger partial charge is 0.468 e. The highest BCUT2D eigenvalue weighted by Crippen LogP contribution is 2.31. The molecule has 1 fully saturated rings. The molecule has 1 aromatic rings. The van der Waals surface area contributed by atoms with Gasteiger partial charge in [0.1, 0.15) is 6.04 Å². The molecule has 0 amide bonds. The van der Waals surface area contributed by atoms with Crippen molar-refractivity contribution < 1.29 is 14.6 Å². The molecule has 0 saturated carbocycles. The molecule has 112 valence electrons. The van der Waals surface area contributed by atoms with Crippen molar-refractivity contribution >= 4 is 17.3 Å². The molecule has 4 nitrogen and oxygen atoms in total. The topological polar surface area (TPSA) is 49.8 Å². The summed E-state index contributed by atoms with van der Waals surface area (Å²) in [4.78, 5) is 16.3. The summed E-state index contributed by atoms with van der Waals surface area (Å²) < 4.78 is 4.82. The van der Waals surface area contributed by atoms with Gasteiger partial charge < -0.3 is 9.84 Å². The molecule has 1 aliphatic rings. The molecule has 0 aromatic carbocycles. The number of carbonyl (C=O) groups excluding carboxylic acids is 1. The first-order valence-electron chi connectivity index (χ1n) is 6.90. The third-order valence-corrected chi connectivity index (χ3v) is 5.11. The molecule has 1 aliphatic heterocycles. The van der Waals surface area contributed by atoms with E-state index in [1.54, 1.807) is 11.3 Å². The number of β-amino-alcohol motifs (C(OH)–C–C–N with tert-alkyl or cyclic N) is 1. The maximum atomic E-state index is 11.8. The Hall–Kier alpha value is -0.910. The van der Waals surface area contributed by atoms with Gasteiger partial charge in [-0.15, -0.1) is 11.3 Å². The van der Waals surface area contributed by atoms with Crippen LogP contribution in [-0.2, 0) is 21.5 Å². The molecule has 0 aliphatic carbocycles. The Labute approximate surface area is 124 Å². The minimum absolute atomic E-state index is 0.148. The second kappa shape index (κ2) is 5.84. The van der Waals surface area contributed by atoms with Crippen molar-refractivity contribution in [2.75, 3.05) is 13.7 Å². The molecule has 1 N–H and O–H groups in total. The predicted octanol–water partition coefficient (Wildman–Crippen LogP) is 2.15. The molecule has 20 heavy (non-hydrogen) atoms. The summed E-state index contributed by atoms with van der Waals surface area (Å²) >= 11 is 1.77. The molecule has 0 radical (unpaired) electrons. The lowest BCUT2D eigenvalue weighted by Crippen LogP contribution is -2.36. The van der Waals surface area contributed by atoms with Gasteiger partial charge in [0.15, 0.2) is 0 Å². The molecular weight excluding hydrogens is 274 g/mol. The minimum atomic E-state index is -0.443. The molecule has 2 heterocycles. The number of carbonyl (C=O) groups is 1. The summed E-state index contributed by atoms with van der Waals surface area (Å²) in [6.45, 7) is 7.80. The molecule has 0 bridgehead atoms. The average molecular weight is 297 g/mol. The van der Waals surface area contributed by atoms with E-state index >= 15 is 0 Å². The Morgan fingerprint density at radius 2 is 2.20 bits per heavy atom. The van der Waals surface area contributed by atoms with Crippen LogP contribution in [0, 0.1) is 0 Å². The number of esters is 1. The van der Waals surface area contributed by atoms with Crippen LogP contribution in [-0.4, -0.2) is 41.8 Å². The Morgan fingerprint density at radius 3 is 2.75 bits per heavy atom. The maximum absolute atomic E-state index is 11.8. The van der Waals surface area contributed by atoms with Crippen LogP contribution in [0.4, 0.5) is 0 Å². The van der Waals surface area contributed by atoms with Crippen LogP contribution in [0.15, 0.2) is 12.1 Å². The molecule has 5 heteroatoms. The van der Waals surface area contributed by atoms with Gasteiger partial charge in [-0.1, -0.05) is 20.8 Å². The lowest BCUT2D eigenvalue weighted by molar-refractivity contribution is -0.146. The van der Waals surface area contributed by atoms with Crippen LogP contribution in [0.3, 0.4) is 0 Å². The minimum Gasteiger partial charge on any atom is -0.468 e. The van der Waals surface area contributed by atoms with Crippen molar-refractivity contribution in [1.82, 2.24) is 4.90 Å². The normalized spacial score (nSPS) is 24.1. The van der Waals surface area contributed by atoms with Crippen molar-refractivity contribution in [3.63, 3.8) is 0 Å². The van der Waals surface area contributed by atoms with E-state index in [9.17, 15) is 9.90 Å². The van der Waals surface area contributed by atoms with Crippen LogP contribution in [0.25, 0.3) is 0 Å². The standard InChI is InChI=1S/C15H23NO3S/c1-15(2,3)13-6-5-11(20-13)9-16-8-10(17)7-12(16)14(18)19-4/h5-6,10,12,17H,7-9H2,1-4H3/t10-,12-/m1/s1. The predicted molar refractivity (Wildman–Crippen MR) is 79.9 cm³/mol. The summed E-state index contributed by atoms with van der Waals surface area (Å²) in [6, 6.07) is 3.94. The van der Waals surface area contributed by atoms with E-state index in [4.69, 9.17) is 4.74 Å². The van der Waals surface area contributed by atoms with Crippen LogP contribution >= 0.6 is 11.3 Å². The number of rotatable bonds is 3. The second-order valence-corrected chi connectivity index (χ2v) is 7.54. The first kappa shape index (κ1) is 15.5. The first-order chi connectivity index (χ1) is 9.31. The lowest BCUT2D eigenvalue weighted by Gasteiger charge is -2.21. The molecule has 0 unspecified atom stereocenters. The summed E-state index contributed by atoms with van der Waals surface area (Å²) in [6.07, 6.45) is 0.0191. The second-order valence-electron chi connectivity index (χ2n) is 6.37. The van der Waals surface area contributed by atoms with E-state index < -0.39 is 6.10 Å². The molecular formula is C15H23NO3S. The number of likely N-dealkylation sites (tertiary alicyclic amines) is 1. The summed E-state index contributed by atoms with van der Waals surface area (Å²) in [5.41, 5.74) is 0.148. The number of hydrogen-bond donors (Lipinski definition) is 1. The number of aliphatic hydroxyl groups is 1. The van der Waals surface area contributed by atoms with E-state index in [0.29, 0.717) is 19.5 Å². The summed E-state index contributed by atoms with van der Waals surface area (Å²) in [5.74, 6) is -0.255. The van der Waals surface area contributed by atoms with Gasteiger partial charge in [-0.2, -0.15) is 0 Å². The van der Waals surface area contributed by atoms with E-state index in [1.807, 2.05) is 4.90 Å². The third kappa shape index (κ3) is 3.40. The van der Waals surface area contributed by atoms with Crippen LogP contribution in [0.1, 0.15) is 36.9 Å². The van der Waals surface area contributed by atoms with E-state index in [2.05, 4.69) is 32.9 Å². The Balaban J connectivity index is 2.08. The monoisotopic (exact) mass is 297 g/mol. The van der Waals surface area contributed by atoms with Crippen molar-refractivity contribution in [3.8, 4) is 0 Å². The summed E-state index contributed by atoms with van der Waals surface area (Å²) in [5, 5.41) is 9.78. The lowest BCUT2D eigenvalue weighted by atomic mass is 9.95. The summed E-state index contributed by atoms with van der Waals surface area (Å²) in [7, 11) is 1.40. The van der Waals surface area contributed by atoms with Gasteiger partial charge in [0.2, 0.25) is 0 Å². The highest BCUT2D eigenvalue weighted by atomic mass is 32.1. The van der Waals surface area contributed by atoms with E-state index in [1.165, 1.54) is 16.9 Å². The quantitative estimate of drug-likeness (QED) is 0.869. The van der Waals surface area contributed by atoms with Gasteiger partial charge >= 0.3 is 5.97 Å². The van der Waals surface area contributed by atoms with Gasteiger partial charge in [-0.25, -0.2) is 0 Å². The number of aliphatic hydroxyl groups excluding tert-OH is 1. The van der Waals surface area contributed by atoms with Gasteiger partial charge in [0, 0.05) is 29.3 Å². The zero-order valence-corrected chi connectivity index (χ0v) is 13.4. The van der Waals surface area contributed by atoms with Crippen molar-refractivity contribution in [1.29, 1.82) is 0 Å². The number of thiophene rings is 1. The van der Waals surface area contributed by atoms with Gasteiger partial charge in [-0.3, -0.25) is 9.69 Å². The zero-order chi connectivity index (χ0) is 14.9. The maximum Gasteiger partial charge on any atom is 0.323 e. The molecule has 1 saturated heterocycles. The third-order valence-electron chi connectivity index (χ3n) is 3.61. The number of ether oxygens (including phenoxy) is 1. The smallest absolute Gasteiger partial charge is 0.323 e. The van der Waals surface area contributed by atoms with E-state index in [0.717, 1.165) is 0 Å². The van der Waals surface area contributed by atoms with Crippen molar-refractivity contribution in [2.45, 2.75) is 51.3 Å². The van der Waals surface area contributed by atoms with Crippen LogP contribution in [0.5, 0.6) is 0 Å². The fourth-order valence-corrected chi connectivity index (χ4v) is 3.59. The van der Waals surface area contributed by atoms with Gasteiger partial charge in [0.25, 0.3) is 0 Å². The first-order valence-corrected chi connectivity index (χ1v) is 7.72. The Bertz CT molecular complexity index is 478. The number of methoxy groups -OCH3 is 1. The fourth-order valence-electron chi connectivity index (χ4n) is 2.50. The number of nitrogens with zero attached hydrogens (tertiary/aromatic N) is 1. The highest BCUT2D eigenvalue weighted by Gasteiger charge is 2.36. The van der Waals surface area contributed by atoms with Gasteiger partial charge in [-0.05, 0) is 17.5 Å². The number of hydrogen-bond acceptors (Lipinski definition) is 5. The van der Waals surface area contributed by atoms with E-state index in [-0.39, 0.29) is 17.4 Å². The zero-order valence-electron chi connectivity index (χ0n) is 12.5. The molecule has 2 rings (SSSR count). The highest BCUT2D eigenvalue weighted by molar-refractivity contribution is 7.12. The van der Waals surface area contributed by atoms with Crippen LogP contribution in [0.2, 0.25) is 0 Å². The van der Waals surface area contributed by atoms with Crippen molar-refractivity contribution in [3.05, 3.63) is 21.9 Å². The van der Waals surface area contributed by atoms with Gasteiger partial charge in [0.05, 0.1) is 13.2 Å². The Morgan fingerprint density at radius 1 is 1.50 bits per heavy atom. The average Bonchev–Trinajstić information content (AvgIpc) is 2.95. The Kier molecular flexibility index (Phi) is 4.52. The molecule has 0 spiro atoms. The molecule has 2 atom stereocenters. The van der Waals surface area contributed by atoms with Crippen LogP contribution < -0.4 is 0 Å². The van der Waals surface area contributed by atoms with Crippen molar-refractivity contribution in [2.24, 2.45) is 0 Å². The molecule has 1 aromatic heterocycles. The SMILES string of the molecule is COC(=O)[C@H]1C[C@@H](O)CN1Cc1ccc(C(C)(C)C)s1.